The van der Waals surface area contributed by atoms with E-state index < -0.39 is 0 Å². The Bertz CT molecular complexity index is 1570. The Morgan fingerprint density at radius 1 is 1.00 bits per heavy atom. The van der Waals surface area contributed by atoms with Gasteiger partial charge in [0, 0.05) is 49.0 Å². The number of aryl methyl sites for hydroxylation is 1. The van der Waals surface area contributed by atoms with Crippen LogP contribution in [0.15, 0.2) is 60.8 Å². The average molecular weight is 553 g/mol. The zero-order chi connectivity index (χ0) is 28.5. The molecule has 3 aromatic heterocycles. The number of carbonyl (C=O) groups excluding carboxylic acids is 1. The zero-order valence-corrected chi connectivity index (χ0v) is 23.7. The second kappa shape index (κ2) is 11.4. The molecule has 0 aliphatic carbocycles. The molecule has 2 aliphatic heterocycles. The fourth-order valence-corrected chi connectivity index (χ4v) is 5.73. The molecule has 4 aromatic rings. The number of nitrogens with zero attached hydrogens (tertiary/aromatic N) is 5. The molecule has 0 radical (unpaired) electrons. The number of morpholine rings is 1. The number of carbonyl (C=O) groups is 1. The van der Waals surface area contributed by atoms with Crippen molar-refractivity contribution in [2.75, 3.05) is 36.0 Å². The van der Waals surface area contributed by atoms with Gasteiger partial charge in [0.25, 0.3) is 5.91 Å². The highest BCUT2D eigenvalue weighted by molar-refractivity contribution is 5.95. The quantitative estimate of drug-likeness (QED) is 0.368. The van der Waals surface area contributed by atoms with Crippen molar-refractivity contribution in [2.24, 2.45) is 0 Å². The zero-order valence-electron chi connectivity index (χ0n) is 23.7. The van der Waals surface area contributed by atoms with E-state index >= 15 is 0 Å². The summed E-state index contributed by atoms with van der Waals surface area (Å²) in [5.41, 5.74) is 5.78. The van der Waals surface area contributed by atoms with E-state index in [1.165, 1.54) is 0 Å². The molecule has 0 saturated carbocycles. The van der Waals surface area contributed by atoms with Gasteiger partial charge in [-0.15, -0.1) is 0 Å². The predicted octanol–water partition coefficient (Wildman–Crippen LogP) is 4.11. The van der Waals surface area contributed by atoms with E-state index in [0.29, 0.717) is 12.1 Å². The average Bonchev–Trinajstić information content (AvgIpc) is 3.41. The number of benzene rings is 1. The van der Waals surface area contributed by atoms with Crippen LogP contribution in [0.25, 0.3) is 22.3 Å². The van der Waals surface area contributed by atoms with Crippen molar-refractivity contribution >= 4 is 28.3 Å². The Balaban J connectivity index is 1.17. The number of aliphatic hydroxyl groups is 1. The third-order valence-electron chi connectivity index (χ3n) is 7.78. The maximum absolute atomic E-state index is 13.0. The Morgan fingerprint density at radius 2 is 1.80 bits per heavy atom. The van der Waals surface area contributed by atoms with Gasteiger partial charge in [0.05, 0.1) is 47.5 Å². The maximum Gasteiger partial charge on any atom is 0.251 e. The van der Waals surface area contributed by atoms with Crippen LogP contribution in [-0.4, -0.2) is 70.5 Å². The number of fused-ring (bicyclic) bond motifs is 1. The molecule has 1 unspecified atom stereocenters. The van der Waals surface area contributed by atoms with Gasteiger partial charge in [-0.25, -0.2) is 9.97 Å². The molecule has 2 fully saturated rings. The number of aliphatic hydroxyl groups excluding tert-OH is 1. The van der Waals surface area contributed by atoms with E-state index in [2.05, 4.69) is 33.9 Å². The monoisotopic (exact) mass is 552 g/mol. The number of hydrogen-bond acceptors (Lipinski definition) is 8. The van der Waals surface area contributed by atoms with E-state index in [1.807, 2.05) is 61.5 Å². The first-order valence-electron chi connectivity index (χ1n) is 14.3. The number of anilines is 2. The predicted molar refractivity (Wildman–Crippen MR) is 160 cm³/mol. The lowest BCUT2D eigenvalue weighted by molar-refractivity contribution is -0.00545. The minimum absolute atomic E-state index is 0.154. The smallest absolute Gasteiger partial charge is 0.251 e. The molecule has 6 rings (SSSR count). The number of rotatable bonds is 6. The molecule has 2 N–H and O–H groups in total. The number of nitrogens with one attached hydrogen (secondary N) is 1. The van der Waals surface area contributed by atoms with Crippen LogP contribution in [0.5, 0.6) is 0 Å². The molecule has 1 amide bonds. The minimum Gasteiger partial charge on any atom is -0.391 e. The summed E-state index contributed by atoms with van der Waals surface area (Å²) >= 11 is 0. The summed E-state index contributed by atoms with van der Waals surface area (Å²) in [5, 5.41) is 13.9. The lowest BCUT2D eigenvalue weighted by Gasteiger charge is -2.36. The standard InChI is InChI=1S/C32H36N6O3/c1-20-7-8-23(13-30(20)37-12-11-26(39)19-37)32(40)34-16-25-14-29-24(15-33-25)9-10-28(35-29)27-5-4-6-31(36-27)38-17-21(2)41-22(3)18-38/h4-10,13-15,21-22,26,39H,11-12,16-19H2,1-3H3,(H,34,40)/t21-,22+,26?. The summed E-state index contributed by atoms with van der Waals surface area (Å²) in [6, 6.07) is 17.6. The molecule has 5 heterocycles. The van der Waals surface area contributed by atoms with Crippen LogP contribution in [0.1, 0.15) is 41.9 Å². The summed E-state index contributed by atoms with van der Waals surface area (Å²) in [4.78, 5) is 31.8. The molecule has 9 heteroatoms. The fourth-order valence-electron chi connectivity index (χ4n) is 5.73. The summed E-state index contributed by atoms with van der Waals surface area (Å²) in [6.07, 6.45) is 2.52. The van der Waals surface area contributed by atoms with Crippen LogP contribution in [-0.2, 0) is 11.3 Å². The Kier molecular flexibility index (Phi) is 7.55. The molecule has 9 nitrogen and oxygen atoms in total. The highest BCUT2D eigenvalue weighted by Crippen LogP contribution is 2.27. The number of β-amino-alcohol motifs (C(OH)–C–C–N with tert-alkyl or cyclic N) is 1. The second-order valence-electron chi connectivity index (χ2n) is 11.2. The van der Waals surface area contributed by atoms with Crippen molar-refractivity contribution in [3.63, 3.8) is 0 Å². The van der Waals surface area contributed by atoms with Gasteiger partial charge in [-0.3, -0.25) is 9.78 Å². The summed E-state index contributed by atoms with van der Waals surface area (Å²) in [7, 11) is 0. The Hall–Kier alpha value is -4.08. The first-order chi connectivity index (χ1) is 19.8. The van der Waals surface area contributed by atoms with E-state index in [0.717, 1.165) is 71.1 Å². The molecular weight excluding hydrogens is 516 g/mol. The first kappa shape index (κ1) is 27.1. The van der Waals surface area contributed by atoms with Gasteiger partial charge in [-0.2, -0.15) is 0 Å². The molecule has 3 atom stereocenters. The van der Waals surface area contributed by atoms with E-state index in [4.69, 9.17) is 14.7 Å². The van der Waals surface area contributed by atoms with Gasteiger partial charge in [-0.1, -0.05) is 12.1 Å². The summed E-state index contributed by atoms with van der Waals surface area (Å²) < 4.78 is 5.88. The second-order valence-corrected chi connectivity index (χ2v) is 11.2. The molecule has 212 valence electrons. The van der Waals surface area contributed by atoms with Crippen LogP contribution in [0.3, 0.4) is 0 Å². The molecular formula is C32H36N6O3. The molecule has 1 aromatic carbocycles. The highest BCUT2D eigenvalue weighted by Gasteiger charge is 2.24. The largest absolute Gasteiger partial charge is 0.391 e. The third kappa shape index (κ3) is 6.01. The van der Waals surface area contributed by atoms with E-state index in [-0.39, 0.29) is 30.8 Å². The van der Waals surface area contributed by atoms with E-state index in [9.17, 15) is 9.90 Å². The van der Waals surface area contributed by atoms with Crippen molar-refractivity contribution < 1.29 is 14.6 Å². The van der Waals surface area contributed by atoms with Crippen LogP contribution in [0, 0.1) is 6.92 Å². The first-order valence-corrected chi connectivity index (χ1v) is 14.3. The summed E-state index contributed by atoms with van der Waals surface area (Å²) in [5.74, 6) is 0.757. The summed E-state index contributed by atoms with van der Waals surface area (Å²) in [6.45, 7) is 9.47. The molecule has 2 aliphatic rings. The van der Waals surface area contributed by atoms with Gasteiger partial charge in [-0.05, 0) is 75.2 Å². The van der Waals surface area contributed by atoms with Gasteiger partial charge in [0.2, 0.25) is 0 Å². The fraction of sp³-hybridized carbons (Fsp3) is 0.375. The SMILES string of the molecule is Cc1ccc(C(=O)NCc2cc3nc(-c4cccc(N5C[C@@H](C)O[C@@H](C)C5)n4)ccc3cn2)cc1N1CCC(O)C1. The lowest BCUT2D eigenvalue weighted by atomic mass is 10.1. The Labute approximate surface area is 240 Å². The van der Waals surface area contributed by atoms with Gasteiger partial charge in [0.15, 0.2) is 0 Å². The van der Waals surface area contributed by atoms with Crippen molar-refractivity contribution in [1.82, 2.24) is 20.3 Å². The van der Waals surface area contributed by atoms with Crippen LogP contribution in [0.4, 0.5) is 11.5 Å². The van der Waals surface area contributed by atoms with Crippen LogP contribution < -0.4 is 15.1 Å². The minimum atomic E-state index is -0.322. The highest BCUT2D eigenvalue weighted by atomic mass is 16.5. The lowest BCUT2D eigenvalue weighted by Crippen LogP contribution is -2.45. The van der Waals surface area contributed by atoms with Gasteiger partial charge < -0.3 is 25.0 Å². The topological polar surface area (TPSA) is 104 Å². The molecule has 0 spiro atoms. The normalized spacial score (nSPS) is 20.9. The number of amides is 1. The van der Waals surface area contributed by atoms with Crippen LogP contribution >= 0.6 is 0 Å². The number of hydrogen-bond donors (Lipinski definition) is 2. The van der Waals surface area contributed by atoms with Crippen LogP contribution in [0.2, 0.25) is 0 Å². The molecule has 0 bridgehead atoms. The van der Waals surface area contributed by atoms with Crippen molar-refractivity contribution in [2.45, 2.75) is 52.0 Å². The van der Waals surface area contributed by atoms with Crippen molar-refractivity contribution in [3.8, 4) is 11.4 Å². The Morgan fingerprint density at radius 3 is 2.59 bits per heavy atom. The van der Waals surface area contributed by atoms with Gasteiger partial charge >= 0.3 is 0 Å². The molecule has 2 saturated heterocycles. The number of aromatic nitrogens is 3. The third-order valence-corrected chi connectivity index (χ3v) is 7.78. The number of pyridine rings is 3. The number of ether oxygens (including phenoxy) is 1. The van der Waals surface area contributed by atoms with E-state index in [1.54, 1.807) is 6.20 Å². The van der Waals surface area contributed by atoms with Gasteiger partial charge in [0.1, 0.15) is 5.82 Å². The van der Waals surface area contributed by atoms with Crippen molar-refractivity contribution in [1.29, 1.82) is 0 Å². The maximum atomic E-state index is 13.0. The molecule has 41 heavy (non-hydrogen) atoms. The van der Waals surface area contributed by atoms with Crippen molar-refractivity contribution in [3.05, 3.63) is 77.6 Å².